The SMILES string of the molecule is O=CC1CN(C(=O)c2ccc(-c3cccnc3)cc2)CCN1Cc1cc2cnccc2[nH]1. The van der Waals surface area contributed by atoms with Crippen molar-refractivity contribution in [2.45, 2.75) is 12.6 Å². The van der Waals surface area contributed by atoms with Crippen LogP contribution >= 0.6 is 0 Å². The lowest BCUT2D eigenvalue weighted by Gasteiger charge is -2.38. The summed E-state index contributed by atoms with van der Waals surface area (Å²) in [5, 5.41) is 1.05. The van der Waals surface area contributed by atoms with Crippen molar-refractivity contribution in [3.05, 3.63) is 84.6 Å². The third kappa shape index (κ3) is 4.02. The Morgan fingerprint density at radius 3 is 2.62 bits per heavy atom. The number of fused-ring (bicyclic) bond motifs is 1. The maximum atomic E-state index is 13.1. The van der Waals surface area contributed by atoms with E-state index >= 15 is 0 Å². The number of H-pyrrole nitrogens is 1. The Hall–Kier alpha value is -3.84. The van der Waals surface area contributed by atoms with Gasteiger partial charge in [0.2, 0.25) is 0 Å². The monoisotopic (exact) mass is 425 g/mol. The van der Waals surface area contributed by atoms with Crippen molar-refractivity contribution >= 4 is 23.1 Å². The number of carbonyl (C=O) groups is 2. The summed E-state index contributed by atoms with van der Waals surface area (Å²) in [6, 6.07) is 15.1. The van der Waals surface area contributed by atoms with E-state index in [0.717, 1.165) is 34.0 Å². The minimum absolute atomic E-state index is 0.0501. The van der Waals surface area contributed by atoms with E-state index in [2.05, 4.69) is 25.9 Å². The zero-order chi connectivity index (χ0) is 21.9. The predicted molar refractivity (Wildman–Crippen MR) is 122 cm³/mol. The largest absolute Gasteiger partial charge is 0.357 e. The van der Waals surface area contributed by atoms with Gasteiger partial charge < -0.3 is 14.7 Å². The number of rotatable bonds is 5. The molecule has 1 atom stereocenters. The summed E-state index contributed by atoms with van der Waals surface area (Å²) in [5.41, 5.74) is 4.71. The molecule has 0 saturated carbocycles. The molecule has 0 spiro atoms. The van der Waals surface area contributed by atoms with Gasteiger partial charge in [0, 0.05) is 73.1 Å². The van der Waals surface area contributed by atoms with Crippen LogP contribution in [-0.4, -0.2) is 62.6 Å². The molecule has 0 aliphatic carbocycles. The van der Waals surface area contributed by atoms with Gasteiger partial charge in [-0.2, -0.15) is 0 Å². The maximum Gasteiger partial charge on any atom is 0.253 e. The molecular weight excluding hydrogens is 402 g/mol. The number of aromatic amines is 1. The van der Waals surface area contributed by atoms with E-state index in [1.807, 2.05) is 48.7 Å². The predicted octanol–water partition coefficient (Wildman–Crippen LogP) is 3.15. The van der Waals surface area contributed by atoms with Crippen LogP contribution in [0.2, 0.25) is 0 Å². The van der Waals surface area contributed by atoms with Crippen LogP contribution in [0.1, 0.15) is 16.1 Å². The lowest BCUT2D eigenvalue weighted by molar-refractivity contribution is -0.114. The van der Waals surface area contributed by atoms with Crippen molar-refractivity contribution in [1.29, 1.82) is 0 Å². The van der Waals surface area contributed by atoms with Gasteiger partial charge in [0.15, 0.2) is 0 Å². The summed E-state index contributed by atoms with van der Waals surface area (Å²) >= 11 is 0. The Balaban J connectivity index is 1.26. The Labute approximate surface area is 185 Å². The molecule has 1 saturated heterocycles. The molecule has 32 heavy (non-hydrogen) atoms. The summed E-state index contributed by atoms with van der Waals surface area (Å²) in [6.07, 6.45) is 8.05. The van der Waals surface area contributed by atoms with Gasteiger partial charge in [0.25, 0.3) is 5.91 Å². The average molecular weight is 425 g/mol. The normalized spacial score (nSPS) is 16.9. The van der Waals surface area contributed by atoms with Crippen LogP contribution in [0.3, 0.4) is 0 Å². The van der Waals surface area contributed by atoms with E-state index in [0.29, 0.717) is 31.7 Å². The van der Waals surface area contributed by atoms with Crippen LogP contribution < -0.4 is 0 Å². The first-order valence-corrected chi connectivity index (χ1v) is 10.6. The molecule has 7 heteroatoms. The summed E-state index contributed by atoms with van der Waals surface area (Å²) in [6.45, 7) is 2.22. The van der Waals surface area contributed by atoms with Gasteiger partial charge in [-0.25, -0.2) is 0 Å². The molecule has 1 amide bonds. The molecule has 0 radical (unpaired) electrons. The lowest BCUT2D eigenvalue weighted by Crippen LogP contribution is -2.55. The van der Waals surface area contributed by atoms with Crippen LogP contribution in [0.15, 0.2) is 73.3 Å². The second-order valence-corrected chi connectivity index (χ2v) is 8.00. The highest BCUT2D eigenvalue weighted by atomic mass is 16.2. The number of hydrogen-bond donors (Lipinski definition) is 1. The lowest BCUT2D eigenvalue weighted by atomic mass is 10.0. The molecule has 1 unspecified atom stereocenters. The number of piperazine rings is 1. The highest BCUT2D eigenvalue weighted by molar-refractivity contribution is 5.95. The highest BCUT2D eigenvalue weighted by Gasteiger charge is 2.30. The maximum absolute atomic E-state index is 13.1. The zero-order valence-corrected chi connectivity index (χ0v) is 17.5. The van der Waals surface area contributed by atoms with Gasteiger partial charge in [0.1, 0.15) is 6.29 Å². The Kier molecular flexibility index (Phi) is 5.47. The third-order valence-electron chi connectivity index (χ3n) is 5.95. The first-order valence-electron chi connectivity index (χ1n) is 10.6. The number of nitrogens with zero attached hydrogens (tertiary/aromatic N) is 4. The second-order valence-electron chi connectivity index (χ2n) is 8.00. The van der Waals surface area contributed by atoms with Gasteiger partial charge in [-0.1, -0.05) is 18.2 Å². The van der Waals surface area contributed by atoms with E-state index in [-0.39, 0.29) is 11.9 Å². The van der Waals surface area contributed by atoms with Crippen molar-refractivity contribution in [3.8, 4) is 11.1 Å². The van der Waals surface area contributed by atoms with E-state index < -0.39 is 0 Å². The molecule has 0 bridgehead atoms. The van der Waals surface area contributed by atoms with Gasteiger partial charge >= 0.3 is 0 Å². The minimum Gasteiger partial charge on any atom is -0.357 e. The summed E-state index contributed by atoms with van der Waals surface area (Å²) in [5.74, 6) is -0.0501. The fraction of sp³-hybridized carbons (Fsp3) is 0.200. The van der Waals surface area contributed by atoms with Crippen molar-refractivity contribution < 1.29 is 9.59 Å². The van der Waals surface area contributed by atoms with Crippen molar-refractivity contribution in [3.63, 3.8) is 0 Å². The molecule has 160 valence electrons. The van der Waals surface area contributed by atoms with Gasteiger partial charge in [-0.05, 0) is 41.5 Å². The minimum atomic E-state index is -0.341. The summed E-state index contributed by atoms with van der Waals surface area (Å²) in [7, 11) is 0. The topological polar surface area (TPSA) is 82.2 Å². The zero-order valence-electron chi connectivity index (χ0n) is 17.5. The van der Waals surface area contributed by atoms with Crippen molar-refractivity contribution in [1.82, 2.24) is 24.8 Å². The van der Waals surface area contributed by atoms with Gasteiger partial charge in [-0.3, -0.25) is 19.7 Å². The number of nitrogens with one attached hydrogen (secondary N) is 1. The number of hydrogen-bond acceptors (Lipinski definition) is 5. The second kappa shape index (κ2) is 8.72. The molecule has 1 fully saturated rings. The number of carbonyl (C=O) groups excluding carboxylic acids is 2. The smallest absolute Gasteiger partial charge is 0.253 e. The molecule has 4 aromatic rings. The van der Waals surface area contributed by atoms with Gasteiger partial charge in [0.05, 0.1) is 6.04 Å². The molecule has 3 aromatic heterocycles. The van der Waals surface area contributed by atoms with Crippen LogP contribution in [0.4, 0.5) is 0 Å². The van der Waals surface area contributed by atoms with Crippen LogP contribution in [0.25, 0.3) is 22.0 Å². The van der Waals surface area contributed by atoms with E-state index in [9.17, 15) is 9.59 Å². The highest BCUT2D eigenvalue weighted by Crippen LogP contribution is 2.21. The molecule has 5 rings (SSSR count). The van der Waals surface area contributed by atoms with Gasteiger partial charge in [-0.15, -0.1) is 0 Å². The van der Waals surface area contributed by atoms with E-state index in [1.54, 1.807) is 23.5 Å². The van der Waals surface area contributed by atoms with Crippen LogP contribution in [-0.2, 0) is 11.3 Å². The van der Waals surface area contributed by atoms with Crippen molar-refractivity contribution in [2.75, 3.05) is 19.6 Å². The summed E-state index contributed by atoms with van der Waals surface area (Å²) in [4.78, 5) is 40.4. The number of benzene rings is 1. The van der Waals surface area contributed by atoms with E-state index in [4.69, 9.17) is 0 Å². The van der Waals surface area contributed by atoms with Crippen LogP contribution in [0.5, 0.6) is 0 Å². The molecule has 1 N–H and O–H groups in total. The number of pyridine rings is 2. The average Bonchev–Trinajstić information content (AvgIpc) is 3.27. The molecule has 1 aliphatic rings. The molecule has 7 nitrogen and oxygen atoms in total. The summed E-state index contributed by atoms with van der Waals surface area (Å²) < 4.78 is 0. The van der Waals surface area contributed by atoms with E-state index in [1.165, 1.54) is 0 Å². The Bertz CT molecular complexity index is 1200. The first-order chi connectivity index (χ1) is 15.7. The molecule has 4 heterocycles. The Morgan fingerprint density at radius 2 is 1.88 bits per heavy atom. The molecule has 1 aliphatic heterocycles. The van der Waals surface area contributed by atoms with Crippen LogP contribution in [0, 0.1) is 0 Å². The van der Waals surface area contributed by atoms with Crippen molar-refractivity contribution in [2.24, 2.45) is 0 Å². The number of amides is 1. The fourth-order valence-corrected chi connectivity index (χ4v) is 4.22. The fourth-order valence-electron chi connectivity index (χ4n) is 4.22. The Morgan fingerprint density at radius 1 is 1.03 bits per heavy atom. The molecular formula is C25H23N5O2. The quantitative estimate of drug-likeness (QED) is 0.497. The number of aromatic nitrogens is 3. The third-order valence-corrected chi connectivity index (χ3v) is 5.95. The number of aldehydes is 1. The molecule has 1 aromatic carbocycles. The standard InChI is InChI=1S/C25H23N5O2/c31-17-23-16-30(11-10-29(23)15-22-12-21-14-27-9-7-24(21)28-22)25(32)19-5-3-18(4-6-19)20-2-1-8-26-13-20/h1-9,12-14,17,23,28H,10-11,15-16H2. The first kappa shape index (κ1) is 20.1.